The zero-order valence-corrected chi connectivity index (χ0v) is 8.02. The van der Waals surface area contributed by atoms with Crippen LogP contribution in [0.1, 0.15) is 13.3 Å². The maximum Gasteiger partial charge on any atom is 0.422 e. The third-order valence-corrected chi connectivity index (χ3v) is 2.17. The van der Waals surface area contributed by atoms with Gasteiger partial charge < -0.3 is 0 Å². The van der Waals surface area contributed by atoms with E-state index >= 15 is 0 Å². The van der Waals surface area contributed by atoms with Crippen molar-refractivity contribution in [3.05, 3.63) is 0 Å². The van der Waals surface area contributed by atoms with Gasteiger partial charge in [0.1, 0.15) is 0 Å². The Morgan fingerprint density at radius 3 is 1.65 bits per heavy atom. The third kappa shape index (κ3) is 1.85. The first kappa shape index (κ1) is 14.4. The predicted molar refractivity (Wildman–Crippen MR) is 35.0 cm³/mol. The van der Waals surface area contributed by atoms with Crippen LogP contribution < -0.4 is 0 Å². The SMILES string of the molecule is CC(F)(F)C1(F)OC(F)(F)C(F)(F)CC1(F)F. The fraction of sp³-hybridized carbons (Fsp3) is 1.00. The molecule has 0 aromatic heterocycles. The van der Waals surface area contributed by atoms with E-state index in [1.54, 1.807) is 0 Å². The highest BCUT2D eigenvalue weighted by Crippen LogP contribution is 2.59. The summed E-state index contributed by atoms with van der Waals surface area (Å²) in [6.07, 6.45) is -8.82. The Bertz CT molecular complexity index is 320. The summed E-state index contributed by atoms with van der Waals surface area (Å²) in [7, 11) is 0. The van der Waals surface area contributed by atoms with Crippen LogP contribution >= 0.6 is 0 Å². The fourth-order valence-corrected chi connectivity index (χ4v) is 1.23. The van der Waals surface area contributed by atoms with E-state index in [0.29, 0.717) is 0 Å². The molecule has 17 heavy (non-hydrogen) atoms. The van der Waals surface area contributed by atoms with Gasteiger partial charge in [-0.05, 0) is 0 Å². The molecule has 1 saturated heterocycles. The second kappa shape index (κ2) is 3.21. The molecule has 0 aliphatic carbocycles. The zero-order valence-electron chi connectivity index (χ0n) is 8.02. The van der Waals surface area contributed by atoms with Crippen molar-refractivity contribution in [2.75, 3.05) is 0 Å². The molecule has 1 aliphatic heterocycles. The monoisotopic (exact) mass is 276 g/mol. The van der Waals surface area contributed by atoms with Crippen LogP contribution in [0, 0.1) is 0 Å². The molecule has 0 amide bonds. The Hall–Kier alpha value is -0.670. The van der Waals surface area contributed by atoms with E-state index in [4.69, 9.17) is 0 Å². The molecule has 1 fully saturated rings. The van der Waals surface area contributed by atoms with Crippen molar-refractivity contribution in [2.45, 2.75) is 43.1 Å². The molecule has 1 unspecified atom stereocenters. The fourth-order valence-electron chi connectivity index (χ4n) is 1.23. The van der Waals surface area contributed by atoms with E-state index in [2.05, 4.69) is 4.74 Å². The molecule has 0 N–H and O–H groups in total. The molecule has 1 aliphatic rings. The van der Waals surface area contributed by atoms with Crippen LogP contribution in [-0.4, -0.2) is 29.7 Å². The summed E-state index contributed by atoms with van der Waals surface area (Å²) in [5, 5.41) is 0. The predicted octanol–water partition coefficient (Wildman–Crippen LogP) is 3.59. The van der Waals surface area contributed by atoms with E-state index in [9.17, 15) is 39.5 Å². The number of alkyl halides is 9. The molecule has 1 heterocycles. The van der Waals surface area contributed by atoms with Gasteiger partial charge in [-0.2, -0.15) is 30.7 Å². The average Bonchev–Trinajstić information content (AvgIpc) is 1.95. The highest BCUT2D eigenvalue weighted by Gasteiger charge is 2.82. The number of hydrogen-bond donors (Lipinski definition) is 0. The van der Waals surface area contributed by atoms with Gasteiger partial charge in [-0.1, -0.05) is 0 Å². The summed E-state index contributed by atoms with van der Waals surface area (Å²) in [6, 6.07) is 0. The molecule has 102 valence electrons. The first-order valence-corrected chi connectivity index (χ1v) is 4.07. The minimum atomic E-state index is -5.75. The molecule has 0 radical (unpaired) electrons. The highest BCUT2D eigenvalue weighted by molar-refractivity contribution is 5.04. The van der Waals surface area contributed by atoms with Gasteiger partial charge in [0, 0.05) is 6.92 Å². The molecule has 1 atom stereocenters. The summed E-state index contributed by atoms with van der Waals surface area (Å²) in [4.78, 5) is 0. The molecule has 0 aromatic carbocycles. The Balaban J connectivity index is 3.28. The van der Waals surface area contributed by atoms with Crippen molar-refractivity contribution < 1.29 is 44.3 Å². The molecule has 1 nitrogen and oxygen atoms in total. The van der Waals surface area contributed by atoms with Crippen molar-refractivity contribution in [3.8, 4) is 0 Å². The summed E-state index contributed by atoms with van der Waals surface area (Å²) in [5.74, 6) is -21.5. The van der Waals surface area contributed by atoms with Gasteiger partial charge in [-0.15, -0.1) is 0 Å². The van der Waals surface area contributed by atoms with Crippen molar-refractivity contribution in [2.24, 2.45) is 0 Å². The van der Waals surface area contributed by atoms with E-state index < -0.39 is 43.1 Å². The van der Waals surface area contributed by atoms with Gasteiger partial charge in [-0.25, -0.2) is 8.78 Å². The Kier molecular flexibility index (Phi) is 2.71. The second-order valence-corrected chi connectivity index (χ2v) is 3.69. The minimum absolute atomic E-state index is 0.472. The molecule has 1 rings (SSSR count). The first-order valence-electron chi connectivity index (χ1n) is 4.07. The highest BCUT2D eigenvalue weighted by atomic mass is 19.3. The minimum Gasteiger partial charge on any atom is -0.267 e. The Labute approximate surface area is 88.5 Å². The number of halogens is 9. The second-order valence-electron chi connectivity index (χ2n) is 3.69. The number of ether oxygens (including phenoxy) is 1. The van der Waals surface area contributed by atoms with Crippen LogP contribution in [-0.2, 0) is 4.74 Å². The lowest BCUT2D eigenvalue weighted by Gasteiger charge is -2.45. The lowest BCUT2D eigenvalue weighted by molar-refractivity contribution is -0.505. The lowest BCUT2D eigenvalue weighted by Crippen LogP contribution is -2.69. The van der Waals surface area contributed by atoms with Gasteiger partial charge in [0.25, 0.3) is 0 Å². The van der Waals surface area contributed by atoms with Crippen LogP contribution in [0.4, 0.5) is 39.5 Å². The van der Waals surface area contributed by atoms with Crippen molar-refractivity contribution in [1.29, 1.82) is 0 Å². The molecule has 0 bridgehead atoms. The Morgan fingerprint density at radius 1 is 0.882 bits per heavy atom. The smallest absolute Gasteiger partial charge is 0.267 e. The van der Waals surface area contributed by atoms with Gasteiger partial charge in [0.2, 0.25) is 0 Å². The molecular formula is C7H5F9O. The van der Waals surface area contributed by atoms with Crippen molar-refractivity contribution >= 4 is 0 Å². The standard InChI is InChI=1S/C7H5F9O/c1-3(8,9)6(14)4(10,11)2-5(12,13)7(15,16)17-6/h2H2,1H3. The van der Waals surface area contributed by atoms with Crippen molar-refractivity contribution in [3.63, 3.8) is 0 Å². The number of hydrogen-bond acceptors (Lipinski definition) is 1. The normalized spacial score (nSPS) is 35.6. The van der Waals surface area contributed by atoms with E-state index in [0.717, 1.165) is 0 Å². The van der Waals surface area contributed by atoms with E-state index in [1.807, 2.05) is 0 Å². The van der Waals surface area contributed by atoms with E-state index in [1.165, 1.54) is 0 Å². The Morgan fingerprint density at radius 2 is 1.29 bits per heavy atom. The lowest BCUT2D eigenvalue weighted by atomic mass is 9.94. The van der Waals surface area contributed by atoms with Crippen molar-refractivity contribution in [1.82, 2.24) is 0 Å². The third-order valence-electron chi connectivity index (χ3n) is 2.17. The van der Waals surface area contributed by atoms with E-state index in [-0.39, 0.29) is 0 Å². The zero-order chi connectivity index (χ0) is 13.9. The van der Waals surface area contributed by atoms with Gasteiger partial charge in [0.15, 0.2) is 0 Å². The maximum absolute atomic E-state index is 13.2. The summed E-state index contributed by atoms with van der Waals surface area (Å²) >= 11 is 0. The molecule has 0 aromatic rings. The average molecular weight is 276 g/mol. The molecule has 10 heteroatoms. The summed E-state index contributed by atoms with van der Waals surface area (Å²) in [6.45, 7) is -0.472. The quantitative estimate of drug-likeness (QED) is 0.665. The molecule has 0 spiro atoms. The first-order chi connectivity index (χ1) is 7.16. The maximum atomic E-state index is 13.2. The topological polar surface area (TPSA) is 9.23 Å². The molecular weight excluding hydrogens is 271 g/mol. The molecule has 0 saturated carbocycles. The van der Waals surface area contributed by atoms with Crippen LogP contribution in [0.2, 0.25) is 0 Å². The van der Waals surface area contributed by atoms with Crippen LogP contribution in [0.5, 0.6) is 0 Å². The summed E-state index contributed by atoms with van der Waals surface area (Å²) < 4.78 is 116. The number of rotatable bonds is 1. The van der Waals surface area contributed by atoms with Gasteiger partial charge in [-0.3, -0.25) is 4.74 Å². The van der Waals surface area contributed by atoms with Crippen LogP contribution in [0.25, 0.3) is 0 Å². The van der Waals surface area contributed by atoms with Crippen LogP contribution in [0.15, 0.2) is 0 Å². The summed E-state index contributed by atoms with van der Waals surface area (Å²) in [5.41, 5.74) is 0. The van der Waals surface area contributed by atoms with Gasteiger partial charge >= 0.3 is 29.7 Å². The largest absolute Gasteiger partial charge is 0.422 e. The van der Waals surface area contributed by atoms with Gasteiger partial charge in [0.05, 0.1) is 6.42 Å². The van der Waals surface area contributed by atoms with Crippen LogP contribution in [0.3, 0.4) is 0 Å².